The van der Waals surface area contributed by atoms with Crippen LogP contribution in [0.5, 0.6) is 5.75 Å². The predicted molar refractivity (Wildman–Crippen MR) is 151 cm³/mol. The number of benzene rings is 3. The van der Waals surface area contributed by atoms with E-state index in [1.54, 1.807) is 23.9 Å². The second kappa shape index (κ2) is 14.4. The van der Waals surface area contributed by atoms with Gasteiger partial charge in [-0.05, 0) is 71.9 Å². The number of rotatable bonds is 9. The molecule has 0 radical (unpaired) electrons. The van der Waals surface area contributed by atoms with Gasteiger partial charge in [-0.3, -0.25) is 4.39 Å². The first-order valence-corrected chi connectivity index (χ1v) is 14.1. The van der Waals surface area contributed by atoms with Crippen molar-refractivity contribution in [1.82, 2.24) is 0 Å². The van der Waals surface area contributed by atoms with E-state index < -0.39 is 0 Å². The zero-order valence-electron chi connectivity index (χ0n) is 21.3. The molecular weight excluding hydrogens is 494 g/mol. The molecule has 0 fully saturated rings. The van der Waals surface area contributed by atoms with Gasteiger partial charge in [-0.25, -0.2) is 4.39 Å². The topological polar surface area (TPSA) is 9.23 Å². The van der Waals surface area contributed by atoms with E-state index in [0.717, 1.165) is 60.1 Å². The van der Waals surface area contributed by atoms with Gasteiger partial charge in [0.25, 0.3) is 0 Å². The van der Waals surface area contributed by atoms with Gasteiger partial charge in [0.2, 0.25) is 0 Å². The van der Waals surface area contributed by atoms with Crippen LogP contribution in [-0.2, 0) is 0 Å². The SMILES string of the molecule is CCCC(CC)Oc1ccc(C2=C(c3ccc(Cl)cc3F)CSc3ccccc32)cc1.CCCCF. The second-order valence-corrected chi connectivity index (χ2v) is 10.2. The monoisotopic (exact) mass is 528 g/mol. The van der Waals surface area contributed by atoms with Crippen LogP contribution in [0.2, 0.25) is 5.02 Å². The van der Waals surface area contributed by atoms with E-state index >= 15 is 0 Å². The molecule has 36 heavy (non-hydrogen) atoms. The molecular formula is C31H35ClF2OS. The van der Waals surface area contributed by atoms with Gasteiger partial charge < -0.3 is 4.74 Å². The number of fused-ring (bicyclic) bond motifs is 1. The van der Waals surface area contributed by atoms with Crippen LogP contribution in [0.3, 0.4) is 0 Å². The maximum atomic E-state index is 14.9. The van der Waals surface area contributed by atoms with Crippen molar-refractivity contribution in [2.24, 2.45) is 0 Å². The van der Waals surface area contributed by atoms with E-state index in [-0.39, 0.29) is 18.6 Å². The van der Waals surface area contributed by atoms with Gasteiger partial charge in [0, 0.05) is 21.2 Å². The van der Waals surface area contributed by atoms with Crippen LogP contribution in [0.15, 0.2) is 71.6 Å². The Labute approximate surface area is 223 Å². The lowest BCUT2D eigenvalue weighted by atomic mass is 9.89. The highest BCUT2D eigenvalue weighted by Gasteiger charge is 2.23. The summed E-state index contributed by atoms with van der Waals surface area (Å²) in [5.74, 6) is 1.30. The fourth-order valence-electron chi connectivity index (χ4n) is 4.15. The average Bonchev–Trinajstić information content (AvgIpc) is 2.89. The molecule has 1 aliphatic heterocycles. The standard InChI is InChI=1S/C27H26ClFOS.C4H9F/c1-3-7-20(4-2)30-21-13-10-18(11-14-21)27-23-8-5-6-9-26(23)31-17-24(27)22-15-12-19(28)16-25(22)29;1-2-3-4-5/h5-6,8-16,20H,3-4,7,17H2,1-2H3;2-4H2,1H3. The van der Waals surface area contributed by atoms with Gasteiger partial charge in [0.1, 0.15) is 11.6 Å². The third kappa shape index (κ3) is 7.36. The van der Waals surface area contributed by atoms with E-state index in [4.69, 9.17) is 16.3 Å². The van der Waals surface area contributed by atoms with E-state index in [2.05, 4.69) is 38.1 Å². The molecule has 1 aliphatic rings. The van der Waals surface area contributed by atoms with Gasteiger partial charge in [-0.15, -0.1) is 11.8 Å². The van der Waals surface area contributed by atoms with Gasteiger partial charge >= 0.3 is 0 Å². The average molecular weight is 529 g/mol. The first-order chi connectivity index (χ1) is 17.5. The van der Waals surface area contributed by atoms with E-state index in [1.807, 2.05) is 31.2 Å². The van der Waals surface area contributed by atoms with Crippen molar-refractivity contribution in [3.63, 3.8) is 0 Å². The van der Waals surface area contributed by atoms with Crippen molar-refractivity contribution in [3.8, 4) is 5.75 Å². The maximum Gasteiger partial charge on any atom is 0.132 e. The van der Waals surface area contributed by atoms with Crippen LogP contribution in [0, 0.1) is 5.82 Å². The quantitative estimate of drug-likeness (QED) is 0.273. The fourth-order valence-corrected chi connectivity index (χ4v) is 5.41. The zero-order valence-corrected chi connectivity index (χ0v) is 22.9. The normalized spacial score (nSPS) is 13.5. The lowest BCUT2D eigenvalue weighted by Crippen LogP contribution is -2.14. The van der Waals surface area contributed by atoms with Crippen LogP contribution in [-0.4, -0.2) is 18.5 Å². The molecule has 192 valence electrons. The highest BCUT2D eigenvalue weighted by atomic mass is 35.5. The smallest absolute Gasteiger partial charge is 0.132 e. The third-order valence-electron chi connectivity index (χ3n) is 6.09. The molecule has 0 aliphatic carbocycles. The van der Waals surface area contributed by atoms with Crippen molar-refractivity contribution in [1.29, 1.82) is 0 Å². The van der Waals surface area contributed by atoms with Crippen molar-refractivity contribution in [2.45, 2.75) is 63.9 Å². The number of hydrogen-bond donors (Lipinski definition) is 0. The predicted octanol–water partition coefficient (Wildman–Crippen LogP) is 10.3. The minimum absolute atomic E-state index is 0.156. The van der Waals surface area contributed by atoms with Crippen molar-refractivity contribution < 1.29 is 13.5 Å². The zero-order chi connectivity index (χ0) is 25.9. The van der Waals surface area contributed by atoms with E-state index in [9.17, 15) is 8.78 Å². The molecule has 0 spiro atoms. The molecule has 0 N–H and O–H groups in total. The Kier molecular flexibility index (Phi) is 11.3. The second-order valence-electron chi connectivity index (χ2n) is 8.77. The van der Waals surface area contributed by atoms with E-state index in [1.165, 1.54) is 11.0 Å². The summed E-state index contributed by atoms with van der Waals surface area (Å²) in [6, 6.07) is 21.5. The van der Waals surface area contributed by atoms with Gasteiger partial charge in [-0.1, -0.05) is 81.6 Å². The minimum atomic E-state index is -0.287. The summed E-state index contributed by atoms with van der Waals surface area (Å²) in [7, 11) is 0. The molecule has 0 bridgehead atoms. The van der Waals surface area contributed by atoms with Crippen LogP contribution < -0.4 is 4.74 Å². The largest absolute Gasteiger partial charge is 0.490 e. The molecule has 5 heteroatoms. The fraction of sp³-hybridized carbons (Fsp3) is 0.355. The van der Waals surface area contributed by atoms with Crippen LogP contribution in [0.4, 0.5) is 8.78 Å². The number of hydrogen-bond acceptors (Lipinski definition) is 2. The first kappa shape index (κ1) is 28.3. The summed E-state index contributed by atoms with van der Waals surface area (Å²) in [5.41, 5.74) is 4.87. The Morgan fingerprint density at radius 3 is 2.31 bits per heavy atom. The lowest BCUT2D eigenvalue weighted by Gasteiger charge is -2.24. The summed E-state index contributed by atoms with van der Waals surface area (Å²) < 4.78 is 32.0. The number of ether oxygens (including phenoxy) is 1. The molecule has 1 unspecified atom stereocenters. The molecule has 3 aromatic rings. The number of unbranched alkanes of at least 4 members (excludes halogenated alkanes) is 1. The Morgan fingerprint density at radius 2 is 1.69 bits per heavy atom. The summed E-state index contributed by atoms with van der Waals surface area (Å²) >= 11 is 7.75. The van der Waals surface area contributed by atoms with Crippen LogP contribution in [0.1, 0.15) is 69.6 Å². The Balaban J connectivity index is 0.000000658. The van der Waals surface area contributed by atoms with Gasteiger partial charge in [0.15, 0.2) is 0 Å². The highest BCUT2D eigenvalue weighted by molar-refractivity contribution is 7.99. The molecule has 0 saturated heterocycles. The maximum absolute atomic E-state index is 14.9. The molecule has 1 nitrogen and oxygen atoms in total. The van der Waals surface area contributed by atoms with Crippen LogP contribution >= 0.6 is 23.4 Å². The Morgan fingerprint density at radius 1 is 0.944 bits per heavy atom. The summed E-state index contributed by atoms with van der Waals surface area (Å²) in [4.78, 5) is 1.21. The summed E-state index contributed by atoms with van der Waals surface area (Å²) in [5, 5.41) is 0.409. The minimum Gasteiger partial charge on any atom is -0.490 e. The molecule has 0 saturated carbocycles. The van der Waals surface area contributed by atoms with E-state index in [0.29, 0.717) is 16.3 Å². The van der Waals surface area contributed by atoms with Gasteiger partial charge in [-0.2, -0.15) is 0 Å². The molecule has 1 atom stereocenters. The third-order valence-corrected chi connectivity index (χ3v) is 7.42. The first-order valence-electron chi connectivity index (χ1n) is 12.8. The number of thioether (sulfide) groups is 1. The molecule has 0 amide bonds. The van der Waals surface area contributed by atoms with Crippen molar-refractivity contribution in [2.75, 3.05) is 12.4 Å². The highest BCUT2D eigenvalue weighted by Crippen LogP contribution is 2.45. The Bertz CT molecular complexity index is 1140. The summed E-state index contributed by atoms with van der Waals surface area (Å²) in [6.45, 7) is 6.15. The molecule has 1 heterocycles. The van der Waals surface area contributed by atoms with Crippen molar-refractivity contribution in [3.05, 3.63) is 94.3 Å². The number of alkyl halides is 1. The summed E-state index contributed by atoms with van der Waals surface area (Å²) in [6.07, 6.45) is 5.07. The Hall–Kier alpha value is -2.30. The number of halogens is 3. The van der Waals surface area contributed by atoms with Crippen LogP contribution in [0.25, 0.3) is 11.1 Å². The lowest BCUT2D eigenvalue weighted by molar-refractivity contribution is 0.186. The molecule has 3 aromatic carbocycles. The van der Waals surface area contributed by atoms with Crippen molar-refractivity contribution >= 4 is 34.5 Å². The molecule has 4 rings (SSSR count). The van der Waals surface area contributed by atoms with Gasteiger partial charge in [0.05, 0.1) is 12.8 Å². The molecule has 0 aromatic heterocycles.